The highest BCUT2D eigenvalue weighted by Gasteiger charge is 2.18. The van der Waals surface area contributed by atoms with Crippen molar-refractivity contribution in [3.05, 3.63) is 42.0 Å². The summed E-state index contributed by atoms with van der Waals surface area (Å²) < 4.78 is 0. The molecule has 0 radical (unpaired) electrons. The molecular weight excluding hydrogens is 274 g/mol. The third-order valence-corrected chi connectivity index (χ3v) is 3.74. The van der Waals surface area contributed by atoms with Crippen LogP contribution in [0.2, 0.25) is 0 Å². The maximum Gasteiger partial charge on any atom is 0.252 e. The van der Waals surface area contributed by atoms with E-state index in [0.717, 1.165) is 34.0 Å². The maximum absolute atomic E-state index is 12.0. The van der Waals surface area contributed by atoms with E-state index in [1.54, 1.807) is 0 Å². The lowest BCUT2D eigenvalue weighted by Crippen LogP contribution is -2.22. The van der Waals surface area contributed by atoms with Gasteiger partial charge in [-0.25, -0.2) is 0 Å². The van der Waals surface area contributed by atoms with Crippen molar-refractivity contribution in [1.29, 1.82) is 0 Å². The number of anilines is 1. The Morgan fingerprint density at radius 1 is 1.14 bits per heavy atom. The molecule has 0 saturated carbocycles. The van der Waals surface area contributed by atoms with Gasteiger partial charge in [-0.2, -0.15) is 0 Å². The molecule has 0 spiro atoms. The first-order valence-electron chi connectivity index (χ1n) is 7.44. The molecule has 3 aromatic rings. The highest BCUT2D eigenvalue weighted by molar-refractivity contribution is 6.17. The molecule has 0 aliphatic rings. The van der Waals surface area contributed by atoms with Crippen LogP contribution < -0.4 is 11.1 Å². The minimum absolute atomic E-state index is 0.115. The molecule has 0 unspecified atom stereocenters. The molecule has 22 heavy (non-hydrogen) atoms. The number of nitrogens with two attached hydrogens (primary N) is 1. The Kier molecular flexibility index (Phi) is 3.32. The van der Waals surface area contributed by atoms with Gasteiger partial charge in [-0.3, -0.25) is 4.79 Å². The van der Waals surface area contributed by atoms with Crippen molar-refractivity contribution in [2.24, 2.45) is 11.1 Å². The Morgan fingerprint density at radius 3 is 2.55 bits per heavy atom. The molecule has 3 rings (SSSR count). The molecule has 0 aliphatic heterocycles. The van der Waals surface area contributed by atoms with Crippen LogP contribution in [-0.4, -0.2) is 17.4 Å². The molecule has 2 aromatic carbocycles. The Labute approximate surface area is 129 Å². The number of aromatic nitrogens is 1. The van der Waals surface area contributed by atoms with Gasteiger partial charge in [0, 0.05) is 28.5 Å². The Morgan fingerprint density at radius 2 is 1.86 bits per heavy atom. The van der Waals surface area contributed by atoms with Gasteiger partial charge in [-0.1, -0.05) is 45.0 Å². The summed E-state index contributed by atoms with van der Waals surface area (Å²) in [5, 5.41) is 5.47. The molecule has 0 aliphatic carbocycles. The van der Waals surface area contributed by atoms with Crippen LogP contribution in [0.4, 0.5) is 5.69 Å². The zero-order valence-corrected chi connectivity index (χ0v) is 13.2. The van der Waals surface area contributed by atoms with Gasteiger partial charge in [-0.05, 0) is 17.5 Å². The monoisotopic (exact) mass is 295 g/mol. The summed E-state index contributed by atoms with van der Waals surface area (Å²) in [4.78, 5) is 15.3. The molecule has 1 amide bonds. The number of aromatic amines is 1. The van der Waals surface area contributed by atoms with E-state index in [4.69, 9.17) is 5.73 Å². The smallest absolute Gasteiger partial charge is 0.252 e. The van der Waals surface area contributed by atoms with Crippen molar-refractivity contribution in [2.45, 2.75) is 20.8 Å². The van der Waals surface area contributed by atoms with Crippen molar-refractivity contribution in [3.63, 3.8) is 0 Å². The minimum Gasteiger partial charge on any atom is -0.384 e. The molecule has 0 fully saturated rings. The number of primary amides is 1. The second-order valence-corrected chi connectivity index (χ2v) is 6.86. The summed E-state index contributed by atoms with van der Waals surface area (Å²) in [7, 11) is 0. The Bertz CT molecular complexity index is 856. The number of nitrogens with one attached hydrogen (secondary N) is 2. The summed E-state index contributed by atoms with van der Waals surface area (Å²) in [6.07, 6.45) is 0. The third kappa shape index (κ3) is 2.52. The van der Waals surface area contributed by atoms with Crippen LogP contribution >= 0.6 is 0 Å². The second-order valence-electron chi connectivity index (χ2n) is 6.86. The van der Waals surface area contributed by atoms with Gasteiger partial charge in [0.2, 0.25) is 0 Å². The van der Waals surface area contributed by atoms with Gasteiger partial charge in [0.25, 0.3) is 5.91 Å². The molecule has 114 valence electrons. The lowest BCUT2D eigenvalue weighted by Gasteiger charge is -2.21. The van der Waals surface area contributed by atoms with Gasteiger partial charge >= 0.3 is 0 Å². The Balaban J connectivity index is 2.20. The highest BCUT2D eigenvalue weighted by atomic mass is 16.1. The van der Waals surface area contributed by atoms with Gasteiger partial charge < -0.3 is 16.0 Å². The number of benzene rings is 2. The summed E-state index contributed by atoms with van der Waals surface area (Å²) in [6, 6.07) is 12.0. The van der Waals surface area contributed by atoms with Crippen molar-refractivity contribution in [1.82, 2.24) is 4.98 Å². The van der Waals surface area contributed by atoms with E-state index in [-0.39, 0.29) is 5.41 Å². The first kappa shape index (κ1) is 14.4. The van der Waals surface area contributed by atoms with E-state index < -0.39 is 5.91 Å². The van der Waals surface area contributed by atoms with E-state index in [0.29, 0.717) is 5.56 Å². The number of para-hydroxylation sites is 1. The summed E-state index contributed by atoms with van der Waals surface area (Å²) in [5.74, 6) is -0.423. The minimum atomic E-state index is -0.423. The number of carbonyl (C=O) groups is 1. The van der Waals surface area contributed by atoms with Crippen LogP contribution in [0.5, 0.6) is 0 Å². The molecule has 0 bridgehead atoms. The van der Waals surface area contributed by atoms with Crippen molar-refractivity contribution >= 4 is 33.4 Å². The van der Waals surface area contributed by atoms with Crippen LogP contribution in [-0.2, 0) is 0 Å². The van der Waals surface area contributed by atoms with E-state index in [2.05, 4.69) is 31.1 Å². The fraction of sp³-hybridized carbons (Fsp3) is 0.278. The van der Waals surface area contributed by atoms with E-state index in [9.17, 15) is 4.79 Å². The number of fused-ring (bicyclic) bond motifs is 3. The fourth-order valence-electron chi connectivity index (χ4n) is 2.68. The van der Waals surface area contributed by atoms with Crippen molar-refractivity contribution in [3.8, 4) is 0 Å². The maximum atomic E-state index is 12.0. The normalized spacial score (nSPS) is 12.0. The van der Waals surface area contributed by atoms with E-state index in [1.807, 2.05) is 36.4 Å². The second kappa shape index (κ2) is 5.05. The lowest BCUT2D eigenvalue weighted by atomic mass is 9.96. The van der Waals surface area contributed by atoms with Crippen molar-refractivity contribution in [2.75, 3.05) is 11.9 Å². The number of hydrogen-bond acceptors (Lipinski definition) is 2. The predicted molar refractivity (Wildman–Crippen MR) is 92.3 cm³/mol. The largest absolute Gasteiger partial charge is 0.384 e. The number of H-pyrrole nitrogens is 1. The number of rotatable bonds is 3. The summed E-state index contributed by atoms with van der Waals surface area (Å²) in [5.41, 5.74) is 8.87. The molecule has 4 nitrogen and oxygen atoms in total. The number of carbonyl (C=O) groups excluding carboxylic acids is 1. The molecule has 4 N–H and O–H groups in total. The quantitative estimate of drug-likeness (QED) is 0.686. The van der Waals surface area contributed by atoms with Crippen LogP contribution in [0.15, 0.2) is 36.4 Å². The highest BCUT2D eigenvalue weighted by Crippen LogP contribution is 2.32. The lowest BCUT2D eigenvalue weighted by molar-refractivity contribution is 0.100. The van der Waals surface area contributed by atoms with E-state index >= 15 is 0 Å². The van der Waals surface area contributed by atoms with Crippen LogP contribution in [0.25, 0.3) is 21.8 Å². The van der Waals surface area contributed by atoms with E-state index in [1.165, 1.54) is 0 Å². The first-order valence-corrected chi connectivity index (χ1v) is 7.44. The van der Waals surface area contributed by atoms with Gasteiger partial charge in [0.15, 0.2) is 0 Å². The number of hydrogen-bond donors (Lipinski definition) is 3. The van der Waals surface area contributed by atoms with Crippen LogP contribution in [0, 0.1) is 5.41 Å². The van der Waals surface area contributed by atoms with Gasteiger partial charge in [-0.15, -0.1) is 0 Å². The topological polar surface area (TPSA) is 70.9 Å². The zero-order chi connectivity index (χ0) is 15.9. The van der Waals surface area contributed by atoms with Gasteiger partial charge in [0.1, 0.15) is 0 Å². The molecule has 1 heterocycles. The standard InChI is InChI=1S/C18H21N3O/c1-18(2,3)10-20-14-9-8-12-11-6-4-5-7-13(11)21-16(12)15(14)17(19)22/h4-9,20-21H,10H2,1-3H3,(H2,19,22). The van der Waals surface area contributed by atoms with Crippen LogP contribution in [0.3, 0.4) is 0 Å². The third-order valence-electron chi connectivity index (χ3n) is 3.74. The average molecular weight is 295 g/mol. The average Bonchev–Trinajstić information content (AvgIpc) is 2.81. The van der Waals surface area contributed by atoms with Crippen LogP contribution in [0.1, 0.15) is 31.1 Å². The fourth-order valence-corrected chi connectivity index (χ4v) is 2.68. The zero-order valence-electron chi connectivity index (χ0n) is 13.2. The number of amides is 1. The first-order chi connectivity index (χ1) is 10.4. The SMILES string of the molecule is CC(C)(C)CNc1ccc2c([nH]c3ccccc32)c1C(N)=O. The molecular formula is C18H21N3O. The van der Waals surface area contributed by atoms with Crippen molar-refractivity contribution < 1.29 is 4.79 Å². The molecule has 0 saturated heterocycles. The Hall–Kier alpha value is -2.49. The predicted octanol–water partition coefficient (Wildman–Crippen LogP) is 3.88. The molecule has 4 heteroatoms. The van der Waals surface area contributed by atoms with Gasteiger partial charge in [0.05, 0.1) is 11.1 Å². The molecule has 1 aromatic heterocycles. The molecule has 0 atom stereocenters. The summed E-state index contributed by atoms with van der Waals surface area (Å²) >= 11 is 0. The summed E-state index contributed by atoms with van der Waals surface area (Å²) in [6.45, 7) is 7.20.